The van der Waals surface area contributed by atoms with Gasteiger partial charge in [0.05, 0.1) is 6.54 Å². The first-order valence-corrected chi connectivity index (χ1v) is 8.84. The number of urea groups is 1. The number of nitrogens with one attached hydrogen (secondary N) is 1. The SMILES string of the molecule is CN(C)CCOc1ccccc1CNC(=O)N1CCN(CC(F)F)CC1. The fraction of sp³-hybridized carbons (Fsp3) is 0.611. The molecule has 26 heavy (non-hydrogen) atoms. The number of hydrogen-bond acceptors (Lipinski definition) is 4. The van der Waals surface area contributed by atoms with Gasteiger partial charge >= 0.3 is 6.03 Å². The van der Waals surface area contributed by atoms with E-state index in [0.29, 0.717) is 39.3 Å². The Kier molecular flexibility index (Phi) is 8.06. The molecule has 6 nitrogen and oxygen atoms in total. The van der Waals surface area contributed by atoms with Crippen molar-refractivity contribution >= 4 is 6.03 Å². The van der Waals surface area contributed by atoms with Crippen LogP contribution in [0.1, 0.15) is 5.56 Å². The summed E-state index contributed by atoms with van der Waals surface area (Å²) >= 11 is 0. The fourth-order valence-corrected chi connectivity index (χ4v) is 2.74. The zero-order valence-electron chi connectivity index (χ0n) is 15.5. The van der Waals surface area contributed by atoms with Gasteiger partial charge in [-0.2, -0.15) is 0 Å². The normalized spacial score (nSPS) is 15.5. The Hall–Kier alpha value is -1.93. The summed E-state index contributed by atoms with van der Waals surface area (Å²) in [6.45, 7) is 3.39. The molecule has 1 aromatic carbocycles. The summed E-state index contributed by atoms with van der Waals surface area (Å²) in [6.07, 6.45) is -2.33. The van der Waals surface area contributed by atoms with Crippen LogP contribution in [0.2, 0.25) is 0 Å². The second kappa shape index (κ2) is 10.3. The molecule has 146 valence electrons. The number of carbonyl (C=O) groups excluding carboxylic acids is 1. The van der Waals surface area contributed by atoms with Crippen LogP contribution in [0, 0.1) is 0 Å². The summed E-state index contributed by atoms with van der Waals surface area (Å²) in [7, 11) is 3.97. The van der Waals surface area contributed by atoms with Crippen LogP contribution in [0.15, 0.2) is 24.3 Å². The number of halogens is 2. The monoisotopic (exact) mass is 370 g/mol. The van der Waals surface area contributed by atoms with E-state index < -0.39 is 6.43 Å². The Morgan fingerprint density at radius 3 is 2.58 bits per heavy atom. The highest BCUT2D eigenvalue weighted by atomic mass is 19.3. The molecule has 8 heteroatoms. The Morgan fingerprint density at radius 2 is 1.92 bits per heavy atom. The summed E-state index contributed by atoms with van der Waals surface area (Å²) in [4.78, 5) is 17.7. The van der Waals surface area contributed by atoms with Gasteiger partial charge in [0.25, 0.3) is 6.43 Å². The van der Waals surface area contributed by atoms with Crippen LogP contribution in [0.5, 0.6) is 5.75 Å². The molecule has 0 atom stereocenters. The lowest BCUT2D eigenvalue weighted by molar-refractivity contribution is 0.0636. The summed E-state index contributed by atoms with van der Waals surface area (Å²) in [5, 5.41) is 2.89. The van der Waals surface area contributed by atoms with Crippen molar-refractivity contribution in [2.75, 3.05) is 60.0 Å². The molecule has 2 rings (SSSR count). The molecule has 0 radical (unpaired) electrons. The number of para-hydroxylation sites is 1. The first-order valence-electron chi connectivity index (χ1n) is 8.84. The third-order valence-corrected chi connectivity index (χ3v) is 4.25. The zero-order chi connectivity index (χ0) is 18.9. The van der Waals surface area contributed by atoms with Gasteiger partial charge in [-0.3, -0.25) is 4.90 Å². The molecule has 1 heterocycles. The minimum atomic E-state index is -2.33. The molecule has 0 bridgehead atoms. The Morgan fingerprint density at radius 1 is 1.23 bits per heavy atom. The van der Waals surface area contributed by atoms with E-state index in [9.17, 15) is 13.6 Å². The van der Waals surface area contributed by atoms with E-state index in [0.717, 1.165) is 17.9 Å². The molecule has 1 aromatic rings. The van der Waals surface area contributed by atoms with Crippen LogP contribution in [-0.2, 0) is 6.54 Å². The second-order valence-corrected chi connectivity index (χ2v) is 6.60. The van der Waals surface area contributed by atoms with Crippen LogP contribution in [0.3, 0.4) is 0 Å². The summed E-state index contributed by atoms with van der Waals surface area (Å²) in [5.74, 6) is 0.761. The Bertz CT molecular complexity index is 564. The van der Waals surface area contributed by atoms with Crippen LogP contribution in [0.25, 0.3) is 0 Å². The number of rotatable bonds is 8. The lowest BCUT2D eigenvalue weighted by atomic mass is 10.2. The first-order chi connectivity index (χ1) is 12.5. The van der Waals surface area contributed by atoms with Gasteiger partial charge in [0.1, 0.15) is 12.4 Å². The average Bonchev–Trinajstić information content (AvgIpc) is 2.60. The number of carbonyl (C=O) groups is 1. The summed E-state index contributed by atoms with van der Waals surface area (Å²) in [6, 6.07) is 7.44. The number of likely N-dealkylation sites (N-methyl/N-ethyl adjacent to an activating group) is 1. The van der Waals surface area contributed by atoms with Crippen LogP contribution >= 0.6 is 0 Å². The fourth-order valence-electron chi connectivity index (χ4n) is 2.74. The molecular formula is C18H28F2N4O2. The molecule has 1 saturated heterocycles. The summed E-state index contributed by atoms with van der Waals surface area (Å²) < 4.78 is 30.6. The lowest BCUT2D eigenvalue weighted by Crippen LogP contribution is -2.52. The van der Waals surface area contributed by atoms with Crippen molar-refractivity contribution in [1.29, 1.82) is 0 Å². The van der Waals surface area contributed by atoms with Gasteiger partial charge < -0.3 is 19.9 Å². The number of piperazine rings is 1. The van der Waals surface area contributed by atoms with Crippen molar-refractivity contribution in [1.82, 2.24) is 20.0 Å². The van der Waals surface area contributed by atoms with Crippen LogP contribution < -0.4 is 10.1 Å². The third kappa shape index (κ3) is 6.76. The maximum atomic E-state index is 12.4. The highest BCUT2D eigenvalue weighted by Crippen LogP contribution is 2.18. The smallest absolute Gasteiger partial charge is 0.317 e. The van der Waals surface area contributed by atoms with Gasteiger partial charge in [-0.25, -0.2) is 13.6 Å². The number of alkyl halides is 2. The molecule has 0 aliphatic carbocycles. The van der Waals surface area contributed by atoms with Gasteiger partial charge in [0, 0.05) is 44.8 Å². The minimum Gasteiger partial charge on any atom is -0.492 e. The van der Waals surface area contributed by atoms with E-state index in [2.05, 4.69) is 5.32 Å². The summed E-state index contributed by atoms with van der Waals surface area (Å²) in [5.41, 5.74) is 0.913. The zero-order valence-corrected chi connectivity index (χ0v) is 15.5. The quantitative estimate of drug-likeness (QED) is 0.757. The lowest BCUT2D eigenvalue weighted by Gasteiger charge is -2.34. The highest BCUT2D eigenvalue weighted by Gasteiger charge is 2.22. The molecule has 1 aliphatic rings. The number of hydrogen-bond donors (Lipinski definition) is 1. The van der Waals surface area contributed by atoms with Crippen LogP contribution in [0.4, 0.5) is 13.6 Å². The van der Waals surface area contributed by atoms with E-state index in [4.69, 9.17) is 4.74 Å². The van der Waals surface area contributed by atoms with Crippen molar-refractivity contribution in [2.45, 2.75) is 13.0 Å². The molecule has 0 spiro atoms. The molecule has 0 saturated carbocycles. The Balaban J connectivity index is 1.79. The van der Waals surface area contributed by atoms with Gasteiger partial charge in [-0.05, 0) is 20.2 Å². The molecular weight excluding hydrogens is 342 g/mol. The predicted molar refractivity (Wildman–Crippen MR) is 96.7 cm³/mol. The predicted octanol–water partition coefficient (Wildman–Crippen LogP) is 1.72. The van der Waals surface area contributed by atoms with Gasteiger partial charge in [0.15, 0.2) is 0 Å². The van der Waals surface area contributed by atoms with E-state index in [-0.39, 0.29) is 12.6 Å². The minimum absolute atomic E-state index is 0.176. The van der Waals surface area contributed by atoms with Gasteiger partial charge in [-0.1, -0.05) is 18.2 Å². The number of nitrogens with zero attached hydrogens (tertiary/aromatic N) is 3. The second-order valence-electron chi connectivity index (χ2n) is 6.60. The third-order valence-electron chi connectivity index (χ3n) is 4.25. The van der Waals surface area contributed by atoms with E-state index in [1.54, 1.807) is 9.80 Å². The van der Waals surface area contributed by atoms with Crippen molar-refractivity contribution < 1.29 is 18.3 Å². The molecule has 0 aromatic heterocycles. The average molecular weight is 370 g/mol. The standard InChI is InChI=1S/C18H28F2N4O2/c1-22(2)11-12-26-16-6-4-3-5-15(16)13-21-18(25)24-9-7-23(8-10-24)14-17(19)20/h3-6,17H,7-14H2,1-2H3,(H,21,25). The molecule has 1 N–H and O–H groups in total. The largest absolute Gasteiger partial charge is 0.492 e. The van der Waals surface area contributed by atoms with Crippen molar-refractivity contribution in [3.05, 3.63) is 29.8 Å². The first kappa shape index (κ1) is 20.4. The number of amides is 2. The molecule has 1 fully saturated rings. The van der Waals surface area contributed by atoms with Crippen molar-refractivity contribution in [3.63, 3.8) is 0 Å². The Labute approximate surface area is 153 Å². The van der Waals surface area contributed by atoms with E-state index >= 15 is 0 Å². The molecule has 0 unspecified atom stereocenters. The van der Waals surface area contributed by atoms with Crippen molar-refractivity contribution in [3.8, 4) is 5.75 Å². The highest BCUT2D eigenvalue weighted by molar-refractivity contribution is 5.74. The molecule has 1 aliphatic heterocycles. The van der Waals surface area contributed by atoms with Crippen LogP contribution in [-0.4, -0.2) is 87.1 Å². The maximum Gasteiger partial charge on any atom is 0.317 e. The number of ether oxygens (including phenoxy) is 1. The molecule has 2 amide bonds. The van der Waals surface area contributed by atoms with Gasteiger partial charge in [-0.15, -0.1) is 0 Å². The maximum absolute atomic E-state index is 12.4. The topological polar surface area (TPSA) is 48.1 Å². The van der Waals surface area contributed by atoms with E-state index in [1.807, 2.05) is 43.3 Å². The van der Waals surface area contributed by atoms with Gasteiger partial charge in [0.2, 0.25) is 0 Å². The van der Waals surface area contributed by atoms with Crippen molar-refractivity contribution in [2.24, 2.45) is 0 Å². The number of benzene rings is 1. The van der Waals surface area contributed by atoms with E-state index in [1.165, 1.54) is 0 Å².